The van der Waals surface area contributed by atoms with Crippen LogP contribution in [0.3, 0.4) is 0 Å². The van der Waals surface area contributed by atoms with Crippen LogP contribution in [-0.4, -0.2) is 59.8 Å². The van der Waals surface area contributed by atoms with Crippen LogP contribution < -0.4 is 5.73 Å². The molecule has 3 N–H and O–H groups in total. The van der Waals surface area contributed by atoms with Crippen molar-refractivity contribution < 1.29 is 8.42 Å². The molecule has 0 amide bonds. The maximum atomic E-state index is 12.8. The molecule has 164 valence electrons. The van der Waals surface area contributed by atoms with Gasteiger partial charge >= 0.3 is 0 Å². The first-order valence-corrected chi connectivity index (χ1v) is 12.5. The summed E-state index contributed by atoms with van der Waals surface area (Å²) in [7, 11) is -3.40. The number of nitrogens with two attached hydrogens (primary N) is 1. The van der Waals surface area contributed by atoms with Gasteiger partial charge < -0.3 is 10.7 Å². The maximum absolute atomic E-state index is 12.8. The summed E-state index contributed by atoms with van der Waals surface area (Å²) in [5, 5.41) is 1.06. The van der Waals surface area contributed by atoms with Crippen LogP contribution in [0.4, 0.5) is 0 Å². The van der Waals surface area contributed by atoms with Crippen molar-refractivity contribution in [1.82, 2.24) is 19.2 Å². The van der Waals surface area contributed by atoms with E-state index in [9.17, 15) is 8.42 Å². The standard InChI is InChI=1S/C23H29N5O2S/c24-18-8-13-27(14-9-18)16-19-15-22-21(7-10-25-23(22)26-19)17-3-5-20(6-4-17)31(29,30)28-11-1-2-12-28/h3-7,10,15,18H,1-2,8-9,11-14,16,24H2,(H,25,26). The van der Waals surface area contributed by atoms with E-state index in [0.717, 1.165) is 73.2 Å². The molecule has 4 heterocycles. The predicted octanol–water partition coefficient (Wildman–Crippen LogP) is 2.94. The highest BCUT2D eigenvalue weighted by atomic mass is 32.2. The van der Waals surface area contributed by atoms with Crippen molar-refractivity contribution in [2.45, 2.75) is 43.2 Å². The van der Waals surface area contributed by atoms with Gasteiger partial charge in [0.05, 0.1) is 4.90 Å². The highest BCUT2D eigenvalue weighted by Crippen LogP contribution is 2.30. The Bertz CT molecular complexity index is 1160. The van der Waals surface area contributed by atoms with E-state index in [1.807, 2.05) is 18.2 Å². The Morgan fingerprint density at radius 3 is 2.45 bits per heavy atom. The third-order valence-corrected chi connectivity index (χ3v) is 8.39. The zero-order valence-corrected chi connectivity index (χ0v) is 18.4. The fourth-order valence-corrected chi connectivity index (χ4v) is 6.17. The summed E-state index contributed by atoms with van der Waals surface area (Å²) in [6.07, 6.45) is 5.75. The number of pyridine rings is 1. The fourth-order valence-electron chi connectivity index (χ4n) is 4.65. The van der Waals surface area contributed by atoms with Crippen molar-refractivity contribution in [3.05, 3.63) is 48.3 Å². The lowest BCUT2D eigenvalue weighted by Gasteiger charge is -2.29. The van der Waals surface area contributed by atoms with Crippen LogP contribution in [0.2, 0.25) is 0 Å². The number of hydrogen-bond donors (Lipinski definition) is 2. The van der Waals surface area contributed by atoms with Gasteiger partial charge in [0.1, 0.15) is 5.65 Å². The molecule has 0 spiro atoms. The second-order valence-corrected chi connectivity index (χ2v) is 10.6. The van der Waals surface area contributed by atoms with E-state index in [1.165, 1.54) is 0 Å². The van der Waals surface area contributed by atoms with Crippen molar-refractivity contribution in [3.8, 4) is 11.1 Å². The summed E-state index contributed by atoms with van der Waals surface area (Å²) < 4.78 is 27.2. The van der Waals surface area contributed by atoms with Crippen molar-refractivity contribution in [2.24, 2.45) is 5.73 Å². The first kappa shape index (κ1) is 20.6. The molecule has 2 aliphatic rings. The molecule has 0 aliphatic carbocycles. The Balaban J connectivity index is 1.40. The number of H-pyrrole nitrogens is 1. The fraction of sp³-hybridized carbons (Fsp3) is 0.435. The minimum atomic E-state index is -3.40. The van der Waals surface area contributed by atoms with E-state index in [2.05, 4.69) is 20.9 Å². The molecule has 2 saturated heterocycles. The Kier molecular flexibility index (Phi) is 5.56. The lowest BCUT2D eigenvalue weighted by molar-refractivity contribution is 0.204. The monoisotopic (exact) mass is 439 g/mol. The summed E-state index contributed by atoms with van der Waals surface area (Å²) in [6, 6.07) is 11.7. The maximum Gasteiger partial charge on any atom is 0.243 e. The quantitative estimate of drug-likeness (QED) is 0.637. The summed E-state index contributed by atoms with van der Waals surface area (Å²) in [5.41, 5.74) is 10.1. The van der Waals surface area contributed by atoms with Gasteiger partial charge in [-0.3, -0.25) is 4.90 Å². The number of likely N-dealkylation sites (tertiary alicyclic amines) is 1. The number of nitrogens with zero attached hydrogens (tertiary/aromatic N) is 3. The number of hydrogen-bond acceptors (Lipinski definition) is 5. The van der Waals surface area contributed by atoms with Crippen LogP contribution in [0.5, 0.6) is 0 Å². The van der Waals surface area contributed by atoms with Crippen LogP contribution >= 0.6 is 0 Å². The van der Waals surface area contributed by atoms with E-state index in [4.69, 9.17) is 5.73 Å². The number of rotatable bonds is 5. The molecule has 0 radical (unpaired) electrons. The minimum absolute atomic E-state index is 0.324. The number of sulfonamides is 1. The van der Waals surface area contributed by atoms with Crippen molar-refractivity contribution in [1.29, 1.82) is 0 Å². The molecule has 5 rings (SSSR count). The summed E-state index contributed by atoms with van der Waals surface area (Å²) >= 11 is 0. The van der Waals surface area contributed by atoms with Crippen LogP contribution in [0.25, 0.3) is 22.2 Å². The third kappa shape index (κ3) is 4.13. The molecule has 0 unspecified atom stereocenters. The lowest BCUT2D eigenvalue weighted by atomic mass is 10.0. The highest BCUT2D eigenvalue weighted by Gasteiger charge is 2.27. The molecule has 3 aromatic rings. The zero-order valence-electron chi connectivity index (χ0n) is 17.6. The van der Waals surface area contributed by atoms with E-state index >= 15 is 0 Å². The van der Waals surface area contributed by atoms with E-state index < -0.39 is 10.0 Å². The molecule has 0 atom stereocenters. The van der Waals surface area contributed by atoms with Gasteiger partial charge in [-0.15, -0.1) is 0 Å². The first-order chi connectivity index (χ1) is 15.0. The summed E-state index contributed by atoms with van der Waals surface area (Å²) in [4.78, 5) is 10.7. The third-order valence-electron chi connectivity index (χ3n) is 6.48. The van der Waals surface area contributed by atoms with E-state index in [0.29, 0.717) is 24.0 Å². The van der Waals surface area contributed by atoms with Crippen LogP contribution in [0, 0.1) is 0 Å². The van der Waals surface area contributed by atoms with Gasteiger partial charge in [0.2, 0.25) is 10.0 Å². The zero-order chi connectivity index (χ0) is 21.4. The van der Waals surface area contributed by atoms with Gasteiger partial charge in [0.25, 0.3) is 0 Å². The van der Waals surface area contributed by atoms with Gasteiger partial charge in [-0.2, -0.15) is 4.31 Å². The van der Waals surface area contributed by atoms with Gasteiger partial charge in [0.15, 0.2) is 0 Å². The number of piperidine rings is 1. The molecule has 2 aromatic heterocycles. The number of nitrogens with one attached hydrogen (secondary N) is 1. The Morgan fingerprint density at radius 1 is 1.03 bits per heavy atom. The number of aromatic nitrogens is 2. The number of fused-ring (bicyclic) bond motifs is 1. The Morgan fingerprint density at radius 2 is 1.74 bits per heavy atom. The molecule has 1 aromatic carbocycles. The Labute approximate surface area is 183 Å². The minimum Gasteiger partial charge on any atom is -0.342 e. The summed E-state index contributed by atoms with van der Waals surface area (Å²) in [6.45, 7) is 4.12. The SMILES string of the molecule is NC1CCN(Cc2cc3c(-c4ccc(S(=O)(=O)N5CCCC5)cc4)ccnc3[nH]2)CC1. The average Bonchev–Trinajstić information content (AvgIpc) is 3.45. The van der Waals surface area contributed by atoms with E-state index in [1.54, 1.807) is 22.6 Å². The molecule has 2 aliphatic heterocycles. The molecule has 0 bridgehead atoms. The predicted molar refractivity (Wildman–Crippen MR) is 122 cm³/mol. The smallest absolute Gasteiger partial charge is 0.243 e. The largest absolute Gasteiger partial charge is 0.342 e. The van der Waals surface area contributed by atoms with Crippen LogP contribution in [0.15, 0.2) is 47.5 Å². The molecular formula is C23H29N5O2S. The van der Waals surface area contributed by atoms with Crippen LogP contribution in [-0.2, 0) is 16.6 Å². The van der Waals surface area contributed by atoms with Crippen molar-refractivity contribution in [3.63, 3.8) is 0 Å². The number of aromatic amines is 1. The highest BCUT2D eigenvalue weighted by molar-refractivity contribution is 7.89. The van der Waals surface area contributed by atoms with Gasteiger partial charge in [-0.1, -0.05) is 12.1 Å². The number of benzene rings is 1. The molecule has 2 fully saturated rings. The second-order valence-electron chi connectivity index (χ2n) is 8.66. The van der Waals surface area contributed by atoms with Crippen molar-refractivity contribution in [2.75, 3.05) is 26.2 Å². The molecular weight excluding hydrogens is 410 g/mol. The normalized spacial score (nSPS) is 19.4. The van der Waals surface area contributed by atoms with Gasteiger partial charge in [-0.05, 0) is 61.1 Å². The van der Waals surface area contributed by atoms with Crippen LogP contribution in [0.1, 0.15) is 31.4 Å². The van der Waals surface area contributed by atoms with Crippen molar-refractivity contribution >= 4 is 21.1 Å². The average molecular weight is 440 g/mol. The first-order valence-electron chi connectivity index (χ1n) is 11.1. The Hall–Kier alpha value is -2.26. The van der Waals surface area contributed by atoms with Gasteiger partial charge in [-0.25, -0.2) is 13.4 Å². The molecule has 8 heteroatoms. The second kappa shape index (κ2) is 8.35. The molecule has 31 heavy (non-hydrogen) atoms. The molecule has 0 saturated carbocycles. The topological polar surface area (TPSA) is 95.3 Å². The van der Waals surface area contributed by atoms with Gasteiger partial charge in [0, 0.05) is 56.0 Å². The summed E-state index contributed by atoms with van der Waals surface area (Å²) in [5.74, 6) is 0. The van der Waals surface area contributed by atoms with E-state index in [-0.39, 0.29) is 0 Å². The lowest BCUT2D eigenvalue weighted by Crippen LogP contribution is -2.39. The molecule has 7 nitrogen and oxygen atoms in total.